The van der Waals surface area contributed by atoms with Crippen LogP contribution in [0.4, 0.5) is 15.8 Å². The number of rotatable bonds is 9. The standard InChI is InChI=1S/C22H26FN7O/c1-5-31-22-16(7-6-8-25-22)17-9-18(26-12-19-27-10-15(23)11-28-19)21(29-13(2)3)20(30-17)14(4)24/h6-11,13,24,29H,5,12H2,1-4H3,(H,26,30). The number of hydrogen-bond donors (Lipinski definition) is 3. The fourth-order valence-electron chi connectivity index (χ4n) is 2.97. The van der Waals surface area contributed by atoms with Crippen LogP contribution in [0.25, 0.3) is 11.3 Å². The summed E-state index contributed by atoms with van der Waals surface area (Å²) in [6.07, 6.45) is 3.93. The van der Waals surface area contributed by atoms with Crippen molar-refractivity contribution in [3.05, 3.63) is 54.1 Å². The number of aromatic nitrogens is 4. The quantitative estimate of drug-likeness (QED) is 0.441. The zero-order valence-corrected chi connectivity index (χ0v) is 18.0. The summed E-state index contributed by atoms with van der Waals surface area (Å²) >= 11 is 0. The first-order valence-electron chi connectivity index (χ1n) is 10.0. The first kappa shape index (κ1) is 22.1. The Balaban J connectivity index is 2.09. The van der Waals surface area contributed by atoms with Gasteiger partial charge in [-0.1, -0.05) is 0 Å². The summed E-state index contributed by atoms with van der Waals surface area (Å²) in [6, 6.07) is 5.69. The highest BCUT2D eigenvalue weighted by molar-refractivity contribution is 6.03. The highest BCUT2D eigenvalue weighted by atomic mass is 19.1. The molecule has 0 aromatic carbocycles. The van der Waals surface area contributed by atoms with Crippen LogP contribution in [-0.2, 0) is 6.54 Å². The average molecular weight is 423 g/mol. The van der Waals surface area contributed by atoms with E-state index in [1.165, 1.54) is 0 Å². The summed E-state index contributed by atoms with van der Waals surface area (Å²) in [5.74, 6) is 0.432. The molecule has 3 rings (SSSR count). The Hall–Kier alpha value is -3.62. The molecule has 3 heterocycles. The van der Waals surface area contributed by atoms with Gasteiger partial charge in [0.05, 0.1) is 53.9 Å². The van der Waals surface area contributed by atoms with E-state index in [9.17, 15) is 4.39 Å². The Morgan fingerprint density at radius 1 is 1.23 bits per heavy atom. The largest absolute Gasteiger partial charge is 0.477 e. The maximum Gasteiger partial charge on any atom is 0.222 e. The van der Waals surface area contributed by atoms with Crippen molar-refractivity contribution >= 4 is 17.1 Å². The fourth-order valence-corrected chi connectivity index (χ4v) is 2.97. The smallest absolute Gasteiger partial charge is 0.222 e. The number of nitrogens with one attached hydrogen (secondary N) is 3. The lowest BCUT2D eigenvalue weighted by atomic mass is 10.1. The van der Waals surface area contributed by atoms with Crippen molar-refractivity contribution in [2.45, 2.75) is 40.3 Å². The number of nitrogens with zero attached hydrogens (tertiary/aromatic N) is 4. The highest BCUT2D eigenvalue weighted by Gasteiger charge is 2.18. The van der Waals surface area contributed by atoms with E-state index in [2.05, 4.69) is 25.6 Å². The van der Waals surface area contributed by atoms with Crippen LogP contribution >= 0.6 is 0 Å². The molecule has 0 fully saturated rings. The van der Waals surface area contributed by atoms with E-state index in [1.54, 1.807) is 13.1 Å². The molecule has 162 valence electrons. The third kappa shape index (κ3) is 5.50. The van der Waals surface area contributed by atoms with Gasteiger partial charge < -0.3 is 20.8 Å². The lowest BCUT2D eigenvalue weighted by Gasteiger charge is -2.21. The molecule has 0 unspecified atom stereocenters. The molecule has 31 heavy (non-hydrogen) atoms. The third-order valence-corrected chi connectivity index (χ3v) is 4.25. The predicted molar refractivity (Wildman–Crippen MR) is 119 cm³/mol. The Labute approximate surface area is 180 Å². The molecule has 3 N–H and O–H groups in total. The van der Waals surface area contributed by atoms with Gasteiger partial charge in [0.2, 0.25) is 5.88 Å². The molecule has 0 spiro atoms. The van der Waals surface area contributed by atoms with Crippen molar-refractivity contribution < 1.29 is 9.13 Å². The lowest BCUT2D eigenvalue weighted by molar-refractivity contribution is 0.328. The average Bonchev–Trinajstić information content (AvgIpc) is 2.74. The summed E-state index contributed by atoms with van der Waals surface area (Å²) in [5.41, 5.74) is 3.60. The predicted octanol–water partition coefficient (Wildman–Crippen LogP) is 4.29. The Morgan fingerprint density at radius 2 is 1.97 bits per heavy atom. The maximum absolute atomic E-state index is 13.1. The molecule has 0 aliphatic heterocycles. The molecular formula is C22H26FN7O. The van der Waals surface area contributed by atoms with Gasteiger partial charge in [-0.25, -0.2) is 24.3 Å². The summed E-state index contributed by atoms with van der Waals surface area (Å²) in [6.45, 7) is 8.36. The molecule has 0 amide bonds. The molecular weight excluding hydrogens is 397 g/mol. The summed E-state index contributed by atoms with van der Waals surface area (Å²) in [5, 5.41) is 15.0. The van der Waals surface area contributed by atoms with Gasteiger partial charge in [-0.05, 0) is 45.9 Å². The maximum atomic E-state index is 13.1. The summed E-state index contributed by atoms with van der Waals surface area (Å²) < 4.78 is 18.8. The second-order valence-corrected chi connectivity index (χ2v) is 7.16. The van der Waals surface area contributed by atoms with Crippen molar-refractivity contribution in [2.75, 3.05) is 17.2 Å². The van der Waals surface area contributed by atoms with E-state index >= 15 is 0 Å². The molecule has 0 saturated heterocycles. The molecule has 0 radical (unpaired) electrons. The molecule has 0 aliphatic rings. The van der Waals surface area contributed by atoms with Crippen molar-refractivity contribution in [1.29, 1.82) is 5.41 Å². The van der Waals surface area contributed by atoms with E-state index in [4.69, 9.17) is 15.1 Å². The Kier molecular flexibility index (Phi) is 7.07. The first-order chi connectivity index (χ1) is 14.9. The topological polar surface area (TPSA) is 109 Å². The monoisotopic (exact) mass is 423 g/mol. The van der Waals surface area contributed by atoms with Gasteiger partial charge in [-0.15, -0.1) is 0 Å². The van der Waals surface area contributed by atoms with Crippen molar-refractivity contribution in [1.82, 2.24) is 19.9 Å². The van der Waals surface area contributed by atoms with Crippen LogP contribution < -0.4 is 15.4 Å². The Morgan fingerprint density at radius 3 is 2.61 bits per heavy atom. The molecule has 8 nitrogen and oxygen atoms in total. The van der Waals surface area contributed by atoms with E-state index in [0.717, 1.165) is 23.6 Å². The molecule has 0 aliphatic carbocycles. The van der Waals surface area contributed by atoms with Gasteiger partial charge in [-0.3, -0.25) is 0 Å². The number of ether oxygens (including phenoxy) is 1. The van der Waals surface area contributed by atoms with Crippen LogP contribution in [0.5, 0.6) is 5.88 Å². The van der Waals surface area contributed by atoms with Crippen LogP contribution in [0.3, 0.4) is 0 Å². The van der Waals surface area contributed by atoms with Crippen LogP contribution in [0, 0.1) is 11.2 Å². The van der Waals surface area contributed by atoms with Crippen LogP contribution in [0.15, 0.2) is 36.8 Å². The molecule has 3 aromatic rings. The van der Waals surface area contributed by atoms with Crippen molar-refractivity contribution in [2.24, 2.45) is 0 Å². The van der Waals surface area contributed by atoms with Crippen LogP contribution in [-0.4, -0.2) is 38.3 Å². The number of halogens is 1. The lowest BCUT2D eigenvalue weighted by Crippen LogP contribution is -2.17. The Bertz CT molecular complexity index is 1050. The normalized spacial score (nSPS) is 10.8. The zero-order valence-electron chi connectivity index (χ0n) is 18.0. The molecule has 0 atom stereocenters. The van der Waals surface area contributed by atoms with E-state index in [0.29, 0.717) is 41.1 Å². The molecule has 3 aromatic heterocycles. The summed E-state index contributed by atoms with van der Waals surface area (Å²) in [4.78, 5) is 17.1. The molecule has 9 heteroatoms. The van der Waals surface area contributed by atoms with Gasteiger partial charge in [0.25, 0.3) is 0 Å². The van der Waals surface area contributed by atoms with Crippen molar-refractivity contribution in [3.63, 3.8) is 0 Å². The first-order valence-corrected chi connectivity index (χ1v) is 10.0. The second kappa shape index (κ2) is 9.92. The minimum absolute atomic E-state index is 0.116. The van der Waals surface area contributed by atoms with Gasteiger partial charge in [0.15, 0.2) is 5.82 Å². The van der Waals surface area contributed by atoms with E-state index in [-0.39, 0.29) is 12.6 Å². The minimum atomic E-state index is -0.487. The fraction of sp³-hybridized carbons (Fsp3) is 0.318. The summed E-state index contributed by atoms with van der Waals surface area (Å²) in [7, 11) is 0. The second-order valence-electron chi connectivity index (χ2n) is 7.16. The number of pyridine rings is 2. The number of hydrogen-bond acceptors (Lipinski definition) is 8. The zero-order chi connectivity index (χ0) is 22.4. The van der Waals surface area contributed by atoms with E-state index in [1.807, 2.05) is 39.0 Å². The van der Waals surface area contributed by atoms with Crippen molar-refractivity contribution in [3.8, 4) is 17.1 Å². The van der Waals surface area contributed by atoms with Crippen LogP contribution in [0.2, 0.25) is 0 Å². The third-order valence-electron chi connectivity index (χ3n) is 4.25. The molecule has 0 saturated carbocycles. The van der Waals surface area contributed by atoms with Gasteiger partial charge in [-0.2, -0.15) is 0 Å². The number of anilines is 2. The van der Waals surface area contributed by atoms with Crippen LogP contribution in [0.1, 0.15) is 39.2 Å². The minimum Gasteiger partial charge on any atom is -0.477 e. The van der Waals surface area contributed by atoms with Gasteiger partial charge in [0, 0.05) is 12.2 Å². The SMILES string of the molecule is CCOc1ncccc1-c1cc(NCc2ncc(F)cn2)c(NC(C)C)c(C(C)=N)n1. The van der Waals surface area contributed by atoms with E-state index < -0.39 is 5.82 Å². The highest BCUT2D eigenvalue weighted by Crippen LogP contribution is 2.34. The molecule has 0 bridgehead atoms. The van der Waals surface area contributed by atoms with Gasteiger partial charge in [0.1, 0.15) is 11.5 Å². The van der Waals surface area contributed by atoms with Gasteiger partial charge >= 0.3 is 0 Å².